The van der Waals surface area contributed by atoms with E-state index in [0.717, 1.165) is 57.2 Å². The number of aromatic nitrogens is 2. The highest BCUT2D eigenvalue weighted by molar-refractivity contribution is 5.76. The molecule has 0 aromatic carbocycles. The van der Waals surface area contributed by atoms with Crippen molar-refractivity contribution in [1.82, 2.24) is 14.9 Å². The zero-order chi connectivity index (χ0) is 17.8. The zero-order valence-corrected chi connectivity index (χ0v) is 15.1. The van der Waals surface area contributed by atoms with Gasteiger partial charge in [0.05, 0.1) is 6.26 Å². The van der Waals surface area contributed by atoms with Gasteiger partial charge in [0.2, 0.25) is 11.9 Å². The van der Waals surface area contributed by atoms with Crippen molar-refractivity contribution in [3.05, 3.63) is 42.6 Å². The standard InChI is InChI=1S/C20H26N4O2/c25-19(5-4-18-3-1-14-26-18)24-13-8-17(15-24)16-6-11-23(12-7-16)20-21-9-2-10-22-20/h1-3,9-10,14,16-17H,4-8,11-13,15H2/t17-/m0/s1. The molecule has 0 aliphatic carbocycles. The molecule has 2 saturated heterocycles. The molecule has 4 heterocycles. The molecule has 4 rings (SSSR count). The first-order valence-corrected chi connectivity index (χ1v) is 9.62. The van der Waals surface area contributed by atoms with Gasteiger partial charge in [0.25, 0.3) is 0 Å². The third-order valence-electron chi connectivity index (χ3n) is 5.78. The number of hydrogen-bond acceptors (Lipinski definition) is 5. The molecule has 0 bridgehead atoms. The molecule has 0 saturated carbocycles. The summed E-state index contributed by atoms with van der Waals surface area (Å²) in [7, 11) is 0. The second kappa shape index (κ2) is 7.89. The monoisotopic (exact) mass is 354 g/mol. The number of amides is 1. The zero-order valence-electron chi connectivity index (χ0n) is 15.1. The molecule has 138 valence electrons. The highest BCUT2D eigenvalue weighted by atomic mass is 16.3. The van der Waals surface area contributed by atoms with Gasteiger partial charge >= 0.3 is 0 Å². The molecule has 6 nitrogen and oxygen atoms in total. The number of carbonyl (C=O) groups is 1. The first-order chi connectivity index (χ1) is 12.8. The third-order valence-corrected chi connectivity index (χ3v) is 5.78. The van der Waals surface area contributed by atoms with Crippen LogP contribution in [0.5, 0.6) is 0 Å². The van der Waals surface area contributed by atoms with Gasteiger partial charge in [-0.2, -0.15) is 0 Å². The van der Waals surface area contributed by atoms with E-state index in [1.165, 1.54) is 0 Å². The van der Waals surface area contributed by atoms with E-state index >= 15 is 0 Å². The lowest BCUT2D eigenvalue weighted by atomic mass is 9.84. The molecule has 0 radical (unpaired) electrons. The number of rotatable bonds is 5. The lowest BCUT2D eigenvalue weighted by Gasteiger charge is -2.34. The molecule has 2 aromatic rings. The van der Waals surface area contributed by atoms with Crippen LogP contribution in [0.15, 0.2) is 41.3 Å². The fourth-order valence-corrected chi connectivity index (χ4v) is 4.27. The summed E-state index contributed by atoms with van der Waals surface area (Å²) >= 11 is 0. The summed E-state index contributed by atoms with van der Waals surface area (Å²) in [6.45, 7) is 3.85. The number of nitrogens with zero attached hydrogens (tertiary/aromatic N) is 4. The molecule has 2 aliphatic rings. The highest BCUT2D eigenvalue weighted by Crippen LogP contribution is 2.32. The number of likely N-dealkylation sites (tertiary alicyclic amines) is 1. The van der Waals surface area contributed by atoms with E-state index in [2.05, 4.69) is 19.8 Å². The molecule has 2 aromatic heterocycles. The second-order valence-corrected chi connectivity index (χ2v) is 7.34. The molecular weight excluding hydrogens is 328 g/mol. The summed E-state index contributed by atoms with van der Waals surface area (Å²) in [5, 5.41) is 0. The van der Waals surface area contributed by atoms with Crippen LogP contribution in [0.25, 0.3) is 0 Å². The largest absolute Gasteiger partial charge is 0.469 e. The SMILES string of the molecule is O=C(CCc1ccco1)N1CC[C@H](C2CCN(c3ncccn3)CC2)C1. The first-order valence-electron chi connectivity index (χ1n) is 9.62. The Balaban J connectivity index is 1.23. The molecule has 2 aliphatic heterocycles. The second-order valence-electron chi connectivity index (χ2n) is 7.34. The summed E-state index contributed by atoms with van der Waals surface area (Å²) in [6, 6.07) is 5.66. The van der Waals surface area contributed by atoms with Crippen LogP contribution in [0.4, 0.5) is 5.95 Å². The van der Waals surface area contributed by atoms with Gasteiger partial charge in [-0.05, 0) is 49.3 Å². The Morgan fingerprint density at radius 2 is 1.85 bits per heavy atom. The summed E-state index contributed by atoms with van der Waals surface area (Å²) in [5.74, 6) is 3.34. The van der Waals surface area contributed by atoms with E-state index < -0.39 is 0 Å². The fraction of sp³-hybridized carbons (Fsp3) is 0.550. The van der Waals surface area contributed by atoms with Crippen molar-refractivity contribution >= 4 is 11.9 Å². The van der Waals surface area contributed by atoms with Crippen molar-refractivity contribution in [1.29, 1.82) is 0 Å². The van der Waals surface area contributed by atoms with Crippen molar-refractivity contribution < 1.29 is 9.21 Å². The van der Waals surface area contributed by atoms with Crippen LogP contribution in [0.2, 0.25) is 0 Å². The lowest BCUT2D eigenvalue weighted by Crippen LogP contribution is -2.38. The molecule has 0 unspecified atom stereocenters. The Morgan fingerprint density at radius 3 is 2.58 bits per heavy atom. The Kier molecular flexibility index (Phi) is 5.18. The van der Waals surface area contributed by atoms with Gasteiger partial charge in [0.1, 0.15) is 5.76 Å². The van der Waals surface area contributed by atoms with Gasteiger partial charge in [0, 0.05) is 51.4 Å². The van der Waals surface area contributed by atoms with Crippen molar-refractivity contribution in [2.24, 2.45) is 11.8 Å². The van der Waals surface area contributed by atoms with Gasteiger partial charge in [-0.3, -0.25) is 4.79 Å². The van der Waals surface area contributed by atoms with Crippen LogP contribution in [-0.2, 0) is 11.2 Å². The fourth-order valence-electron chi connectivity index (χ4n) is 4.27. The molecular formula is C20H26N4O2. The molecule has 6 heteroatoms. The molecule has 0 N–H and O–H groups in total. The number of anilines is 1. The third kappa shape index (κ3) is 3.89. The smallest absolute Gasteiger partial charge is 0.225 e. The van der Waals surface area contributed by atoms with E-state index in [1.807, 2.05) is 18.2 Å². The van der Waals surface area contributed by atoms with E-state index in [0.29, 0.717) is 24.7 Å². The highest BCUT2D eigenvalue weighted by Gasteiger charge is 2.33. The van der Waals surface area contributed by atoms with Crippen molar-refractivity contribution in [2.75, 3.05) is 31.1 Å². The van der Waals surface area contributed by atoms with E-state index in [9.17, 15) is 4.79 Å². The molecule has 2 fully saturated rings. The maximum atomic E-state index is 12.5. The van der Waals surface area contributed by atoms with Gasteiger partial charge < -0.3 is 14.2 Å². The first kappa shape index (κ1) is 17.1. The number of furan rings is 1. The average molecular weight is 354 g/mol. The molecule has 0 spiro atoms. The minimum Gasteiger partial charge on any atom is -0.469 e. The van der Waals surface area contributed by atoms with Crippen LogP contribution in [-0.4, -0.2) is 47.0 Å². The maximum Gasteiger partial charge on any atom is 0.225 e. The Hall–Kier alpha value is -2.37. The van der Waals surface area contributed by atoms with Gasteiger partial charge in [-0.1, -0.05) is 0 Å². The topological polar surface area (TPSA) is 62.5 Å². The van der Waals surface area contributed by atoms with Crippen LogP contribution in [0.3, 0.4) is 0 Å². The molecule has 1 amide bonds. The minimum atomic E-state index is 0.263. The van der Waals surface area contributed by atoms with Crippen LogP contribution in [0, 0.1) is 11.8 Å². The molecule has 1 atom stereocenters. The van der Waals surface area contributed by atoms with E-state index in [4.69, 9.17) is 4.42 Å². The number of aryl methyl sites for hydroxylation is 1. The predicted octanol–water partition coefficient (Wildman–Crippen LogP) is 2.77. The van der Waals surface area contributed by atoms with Gasteiger partial charge in [-0.25, -0.2) is 9.97 Å². The summed E-state index contributed by atoms with van der Waals surface area (Å²) < 4.78 is 5.32. The summed E-state index contributed by atoms with van der Waals surface area (Å²) in [6.07, 6.45) is 9.98. The summed E-state index contributed by atoms with van der Waals surface area (Å²) in [4.78, 5) is 25.5. The van der Waals surface area contributed by atoms with Crippen LogP contribution >= 0.6 is 0 Å². The van der Waals surface area contributed by atoms with Crippen LogP contribution in [0.1, 0.15) is 31.4 Å². The summed E-state index contributed by atoms with van der Waals surface area (Å²) in [5.41, 5.74) is 0. The minimum absolute atomic E-state index is 0.263. The Morgan fingerprint density at radius 1 is 1.08 bits per heavy atom. The Bertz CT molecular complexity index is 696. The van der Waals surface area contributed by atoms with Crippen molar-refractivity contribution in [2.45, 2.75) is 32.1 Å². The Labute approximate surface area is 154 Å². The average Bonchev–Trinajstić information content (AvgIpc) is 3.39. The molecule has 26 heavy (non-hydrogen) atoms. The number of hydrogen-bond donors (Lipinski definition) is 0. The normalized spacial score (nSPS) is 21.3. The predicted molar refractivity (Wildman–Crippen MR) is 98.7 cm³/mol. The maximum absolute atomic E-state index is 12.5. The van der Waals surface area contributed by atoms with Gasteiger partial charge in [0.15, 0.2) is 0 Å². The number of piperidine rings is 1. The van der Waals surface area contributed by atoms with Gasteiger partial charge in [-0.15, -0.1) is 0 Å². The van der Waals surface area contributed by atoms with E-state index in [1.54, 1.807) is 18.7 Å². The lowest BCUT2D eigenvalue weighted by molar-refractivity contribution is -0.130. The van der Waals surface area contributed by atoms with Crippen LogP contribution < -0.4 is 4.90 Å². The van der Waals surface area contributed by atoms with E-state index in [-0.39, 0.29) is 5.91 Å². The number of carbonyl (C=O) groups excluding carboxylic acids is 1. The van der Waals surface area contributed by atoms with Crippen molar-refractivity contribution in [3.8, 4) is 0 Å². The quantitative estimate of drug-likeness (QED) is 0.826. The van der Waals surface area contributed by atoms with Crippen molar-refractivity contribution in [3.63, 3.8) is 0 Å².